The molecule has 6 nitrogen and oxygen atoms in total. The van der Waals surface area contributed by atoms with Crippen LogP contribution in [0, 0.1) is 5.92 Å². The SMILES string of the molecule is CC(C)COc1ccccc1C(=O)NNC(=O)COc1ccc(C(C)(C)C)cc1Br. The standard InChI is InChI=1S/C23H29BrN2O4/c1-15(2)13-29-19-9-7-6-8-17(19)22(28)26-25-21(27)14-30-20-11-10-16(12-18(20)24)23(3,4)5/h6-12,15H,13-14H2,1-5H3,(H,25,27)(H,26,28). The highest BCUT2D eigenvalue weighted by Crippen LogP contribution is 2.31. The van der Waals surface area contributed by atoms with Crippen LogP contribution < -0.4 is 20.3 Å². The number of para-hydroxylation sites is 1. The molecule has 7 heteroatoms. The first-order valence-corrected chi connectivity index (χ1v) is 10.6. The van der Waals surface area contributed by atoms with Crippen molar-refractivity contribution in [3.8, 4) is 11.5 Å². The highest BCUT2D eigenvalue weighted by molar-refractivity contribution is 9.10. The Labute approximate surface area is 186 Å². The second kappa shape index (κ2) is 10.5. The van der Waals surface area contributed by atoms with Gasteiger partial charge in [-0.05, 0) is 57.1 Å². The van der Waals surface area contributed by atoms with Gasteiger partial charge < -0.3 is 9.47 Å². The molecule has 0 aliphatic carbocycles. The summed E-state index contributed by atoms with van der Waals surface area (Å²) >= 11 is 3.47. The zero-order valence-corrected chi connectivity index (χ0v) is 19.6. The third-order valence-corrected chi connectivity index (χ3v) is 4.80. The van der Waals surface area contributed by atoms with E-state index in [9.17, 15) is 9.59 Å². The Morgan fingerprint density at radius 2 is 1.70 bits per heavy atom. The Balaban J connectivity index is 1.89. The van der Waals surface area contributed by atoms with E-state index >= 15 is 0 Å². The molecule has 162 valence electrons. The predicted molar refractivity (Wildman–Crippen MR) is 121 cm³/mol. The Morgan fingerprint density at radius 3 is 2.33 bits per heavy atom. The van der Waals surface area contributed by atoms with Crippen LogP contribution in [-0.2, 0) is 10.2 Å². The summed E-state index contributed by atoms with van der Waals surface area (Å²) in [7, 11) is 0. The Bertz CT molecular complexity index is 891. The summed E-state index contributed by atoms with van der Waals surface area (Å²) in [5, 5.41) is 0. The lowest BCUT2D eigenvalue weighted by Crippen LogP contribution is -2.44. The second-order valence-electron chi connectivity index (χ2n) is 8.39. The van der Waals surface area contributed by atoms with Gasteiger partial charge in [-0.3, -0.25) is 20.4 Å². The number of rotatable bonds is 7. The molecule has 2 N–H and O–H groups in total. The molecule has 30 heavy (non-hydrogen) atoms. The topological polar surface area (TPSA) is 76.7 Å². The molecule has 0 aromatic heterocycles. The van der Waals surface area contributed by atoms with Crippen LogP contribution >= 0.6 is 15.9 Å². The molecule has 0 atom stereocenters. The van der Waals surface area contributed by atoms with Crippen molar-refractivity contribution in [2.75, 3.05) is 13.2 Å². The maximum atomic E-state index is 12.4. The van der Waals surface area contributed by atoms with Gasteiger partial charge >= 0.3 is 0 Å². The molecule has 0 aliphatic rings. The van der Waals surface area contributed by atoms with Crippen LogP contribution in [0.15, 0.2) is 46.9 Å². The van der Waals surface area contributed by atoms with Crippen LogP contribution in [0.4, 0.5) is 0 Å². The molecule has 0 unspecified atom stereocenters. The van der Waals surface area contributed by atoms with Gasteiger partial charge in [-0.15, -0.1) is 0 Å². The van der Waals surface area contributed by atoms with Crippen molar-refractivity contribution in [2.45, 2.75) is 40.0 Å². The van der Waals surface area contributed by atoms with E-state index in [2.05, 4.69) is 47.6 Å². The lowest BCUT2D eigenvalue weighted by molar-refractivity contribution is -0.123. The van der Waals surface area contributed by atoms with Gasteiger partial charge in [0.2, 0.25) is 0 Å². The molecule has 0 spiro atoms. The first-order chi connectivity index (χ1) is 14.1. The highest BCUT2D eigenvalue weighted by atomic mass is 79.9. The molecular weight excluding hydrogens is 448 g/mol. The third-order valence-electron chi connectivity index (χ3n) is 4.18. The van der Waals surface area contributed by atoms with E-state index < -0.39 is 11.8 Å². The first kappa shape index (κ1) is 23.7. The zero-order valence-electron chi connectivity index (χ0n) is 18.0. The summed E-state index contributed by atoms with van der Waals surface area (Å²) in [6, 6.07) is 12.7. The minimum Gasteiger partial charge on any atom is -0.492 e. The van der Waals surface area contributed by atoms with Gasteiger partial charge in [0.15, 0.2) is 6.61 Å². The molecule has 0 saturated carbocycles. The number of hydrogen-bond donors (Lipinski definition) is 2. The molecule has 2 rings (SSSR count). The largest absolute Gasteiger partial charge is 0.492 e. The van der Waals surface area contributed by atoms with E-state index in [1.54, 1.807) is 24.3 Å². The average molecular weight is 477 g/mol. The number of hydrazine groups is 1. The van der Waals surface area contributed by atoms with Crippen LogP contribution in [0.1, 0.15) is 50.5 Å². The van der Waals surface area contributed by atoms with Gasteiger partial charge in [-0.1, -0.05) is 52.8 Å². The zero-order chi connectivity index (χ0) is 22.3. The van der Waals surface area contributed by atoms with Crippen molar-refractivity contribution in [3.63, 3.8) is 0 Å². The van der Waals surface area contributed by atoms with Gasteiger partial charge in [0.05, 0.1) is 16.6 Å². The van der Waals surface area contributed by atoms with Gasteiger partial charge in [0.1, 0.15) is 11.5 Å². The summed E-state index contributed by atoms with van der Waals surface area (Å²) in [6.07, 6.45) is 0. The predicted octanol–water partition coefficient (Wildman–Crippen LogP) is 4.62. The minimum absolute atomic E-state index is 0.0118. The van der Waals surface area contributed by atoms with E-state index in [4.69, 9.17) is 9.47 Å². The molecule has 2 aromatic carbocycles. The Kier molecular flexibility index (Phi) is 8.29. The molecule has 2 aromatic rings. The van der Waals surface area contributed by atoms with Crippen LogP contribution in [-0.4, -0.2) is 25.0 Å². The van der Waals surface area contributed by atoms with E-state index in [0.717, 1.165) is 10.0 Å². The number of hydrogen-bond acceptors (Lipinski definition) is 4. The van der Waals surface area contributed by atoms with Crippen LogP contribution in [0.2, 0.25) is 0 Å². The van der Waals surface area contributed by atoms with E-state index in [1.165, 1.54) is 0 Å². The van der Waals surface area contributed by atoms with Gasteiger partial charge in [0.25, 0.3) is 11.8 Å². The number of ether oxygens (including phenoxy) is 2. The average Bonchev–Trinajstić information content (AvgIpc) is 2.69. The fourth-order valence-electron chi connectivity index (χ4n) is 2.49. The Hall–Kier alpha value is -2.54. The fourth-order valence-corrected chi connectivity index (χ4v) is 2.99. The molecule has 2 amide bonds. The quantitative estimate of drug-likeness (QED) is 0.571. The summed E-state index contributed by atoms with van der Waals surface area (Å²) in [5.74, 6) is 0.415. The van der Waals surface area contributed by atoms with Crippen molar-refractivity contribution < 1.29 is 19.1 Å². The molecule has 0 heterocycles. The second-order valence-corrected chi connectivity index (χ2v) is 9.24. The fraction of sp³-hybridized carbons (Fsp3) is 0.391. The van der Waals surface area contributed by atoms with Crippen molar-refractivity contribution >= 4 is 27.7 Å². The third kappa shape index (κ3) is 7.06. The summed E-state index contributed by atoms with van der Waals surface area (Å²) < 4.78 is 12.0. The normalized spacial score (nSPS) is 11.2. The van der Waals surface area contributed by atoms with Gasteiger partial charge in [-0.2, -0.15) is 0 Å². The van der Waals surface area contributed by atoms with Crippen molar-refractivity contribution in [1.82, 2.24) is 10.9 Å². The van der Waals surface area contributed by atoms with Crippen LogP contribution in [0.3, 0.4) is 0 Å². The molecule has 0 aliphatic heterocycles. The maximum absolute atomic E-state index is 12.4. The van der Waals surface area contributed by atoms with E-state index in [1.807, 2.05) is 32.0 Å². The lowest BCUT2D eigenvalue weighted by Gasteiger charge is -2.20. The summed E-state index contributed by atoms with van der Waals surface area (Å²) in [4.78, 5) is 24.5. The van der Waals surface area contributed by atoms with Gasteiger partial charge in [-0.25, -0.2) is 0 Å². The lowest BCUT2D eigenvalue weighted by atomic mass is 9.87. The monoisotopic (exact) mass is 476 g/mol. The van der Waals surface area contributed by atoms with Crippen molar-refractivity contribution in [2.24, 2.45) is 5.92 Å². The number of amides is 2. The molecule has 0 saturated heterocycles. The van der Waals surface area contributed by atoms with E-state index in [0.29, 0.717) is 29.6 Å². The number of benzene rings is 2. The van der Waals surface area contributed by atoms with Crippen LogP contribution in [0.5, 0.6) is 11.5 Å². The number of nitrogens with one attached hydrogen (secondary N) is 2. The first-order valence-electron chi connectivity index (χ1n) is 9.81. The molecule has 0 radical (unpaired) electrons. The smallest absolute Gasteiger partial charge is 0.276 e. The van der Waals surface area contributed by atoms with Gasteiger partial charge in [0, 0.05) is 0 Å². The van der Waals surface area contributed by atoms with Crippen molar-refractivity contribution in [1.29, 1.82) is 0 Å². The number of halogens is 1. The van der Waals surface area contributed by atoms with E-state index in [-0.39, 0.29) is 12.0 Å². The molecular formula is C23H29BrN2O4. The summed E-state index contributed by atoms with van der Waals surface area (Å²) in [5.41, 5.74) is 6.27. The highest BCUT2D eigenvalue weighted by Gasteiger charge is 2.16. The molecule has 0 bridgehead atoms. The maximum Gasteiger partial charge on any atom is 0.276 e. The van der Waals surface area contributed by atoms with Crippen LogP contribution in [0.25, 0.3) is 0 Å². The molecule has 0 fully saturated rings. The summed E-state index contributed by atoms with van der Waals surface area (Å²) in [6.45, 7) is 10.7. The Morgan fingerprint density at radius 1 is 1.00 bits per heavy atom. The minimum atomic E-state index is -0.476. The van der Waals surface area contributed by atoms with Crippen molar-refractivity contribution in [3.05, 3.63) is 58.1 Å². The number of carbonyl (C=O) groups excluding carboxylic acids is 2. The number of carbonyl (C=O) groups is 2.